The summed E-state index contributed by atoms with van der Waals surface area (Å²) in [5, 5.41) is 0. The van der Waals surface area contributed by atoms with Crippen molar-refractivity contribution in [1.29, 1.82) is 0 Å². The molecule has 5 heteroatoms. The van der Waals surface area contributed by atoms with Crippen molar-refractivity contribution in [2.45, 2.75) is 26.8 Å². The Kier molecular flexibility index (Phi) is 8.57. The zero-order chi connectivity index (χ0) is 22.0. The quantitative estimate of drug-likeness (QED) is 0.233. The van der Waals surface area contributed by atoms with Gasteiger partial charge in [0.15, 0.2) is 0 Å². The van der Waals surface area contributed by atoms with Crippen LogP contribution in [-0.2, 0) is 13.3 Å². The molecule has 0 saturated carbocycles. The monoisotopic (exact) mass is 436 g/mol. The number of para-hydroxylation sites is 3. The number of quaternary nitrogens is 1. The van der Waals surface area contributed by atoms with Crippen molar-refractivity contribution in [3.8, 4) is 0 Å². The Morgan fingerprint density at radius 1 is 0.548 bits per heavy atom. The average Bonchev–Trinajstić information content (AvgIpc) is 2.82. The van der Waals surface area contributed by atoms with Crippen LogP contribution >= 0.6 is 0 Å². The molecule has 0 atom stereocenters. The van der Waals surface area contributed by atoms with Gasteiger partial charge in [0.2, 0.25) is 0 Å². The molecule has 0 aliphatic carbocycles. The van der Waals surface area contributed by atoms with Gasteiger partial charge in [-0.1, -0.05) is 54.6 Å². The number of rotatable bonds is 12. The largest absolute Gasteiger partial charge is 0.506 e. The SMILES string of the molecule is CCO[Si](CC[N+](c1ccccc1)(c1ccccc1)c1ccccc1)(OCC)OCC. The van der Waals surface area contributed by atoms with Crippen molar-refractivity contribution in [3.63, 3.8) is 0 Å². The lowest BCUT2D eigenvalue weighted by Gasteiger charge is -2.39. The van der Waals surface area contributed by atoms with E-state index in [0.29, 0.717) is 30.3 Å². The Balaban J connectivity index is 2.15. The van der Waals surface area contributed by atoms with E-state index in [0.717, 1.165) is 6.54 Å². The molecule has 3 aromatic carbocycles. The van der Waals surface area contributed by atoms with E-state index in [1.807, 2.05) is 20.8 Å². The maximum Gasteiger partial charge on any atom is 0.506 e. The van der Waals surface area contributed by atoms with Crippen molar-refractivity contribution in [3.05, 3.63) is 91.0 Å². The van der Waals surface area contributed by atoms with Crippen LogP contribution < -0.4 is 4.48 Å². The summed E-state index contributed by atoms with van der Waals surface area (Å²) in [7, 11) is -2.82. The molecule has 0 aliphatic rings. The van der Waals surface area contributed by atoms with E-state index >= 15 is 0 Å². The van der Waals surface area contributed by atoms with E-state index in [1.165, 1.54) is 17.1 Å². The molecular formula is C26H34NO3Si+. The van der Waals surface area contributed by atoms with Crippen LogP contribution in [0, 0.1) is 0 Å². The Morgan fingerprint density at radius 2 is 0.871 bits per heavy atom. The second-order valence-corrected chi connectivity index (χ2v) is 10.0. The van der Waals surface area contributed by atoms with E-state index < -0.39 is 8.80 Å². The van der Waals surface area contributed by atoms with Gasteiger partial charge in [-0.05, 0) is 57.2 Å². The van der Waals surface area contributed by atoms with Gasteiger partial charge < -0.3 is 13.3 Å². The van der Waals surface area contributed by atoms with Gasteiger partial charge in [0.05, 0.1) is 12.6 Å². The highest BCUT2D eigenvalue weighted by molar-refractivity contribution is 6.60. The Labute approximate surface area is 188 Å². The minimum Gasteiger partial charge on any atom is -0.374 e. The third-order valence-electron chi connectivity index (χ3n) is 5.44. The standard InChI is InChI=1S/C26H34NO3Si/c1-4-28-31(29-5-2,30-6-3)23-22-27(24-16-10-7-11-17-24,25-18-12-8-13-19-25)26-20-14-9-15-21-26/h7-21H,4-6,22-23H2,1-3H3/q+1. The fraction of sp³-hybridized carbons (Fsp3) is 0.308. The van der Waals surface area contributed by atoms with Crippen molar-refractivity contribution in [1.82, 2.24) is 4.48 Å². The van der Waals surface area contributed by atoms with Gasteiger partial charge in [-0.3, -0.25) is 0 Å². The maximum atomic E-state index is 6.20. The molecule has 0 radical (unpaired) electrons. The van der Waals surface area contributed by atoms with Crippen molar-refractivity contribution in [2.75, 3.05) is 26.4 Å². The molecular weight excluding hydrogens is 402 g/mol. The first-order valence-electron chi connectivity index (χ1n) is 11.2. The number of hydrogen-bond donors (Lipinski definition) is 0. The summed E-state index contributed by atoms with van der Waals surface area (Å²) in [6.45, 7) is 8.52. The van der Waals surface area contributed by atoms with Crippen LogP contribution in [0.25, 0.3) is 0 Å². The predicted octanol–water partition coefficient (Wildman–Crippen LogP) is 6.71. The summed E-state index contributed by atoms with van der Waals surface area (Å²) in [5.41, 5.74) is 3.60. The van der Waals surface area contributed by atoms with E-state index in [9.17, 15) is 0 Å². The fourth-order valence-corrected chi connectivity index (χ4v) is 6.80. The van der Waals surface area contributed by atoms with E-state index in [-0.39, 0.29) is 0 Å². The van der Waals surface area contributed by atoms with Crippen LogP contribution in [-0.4, -0.2) is 35.2 Å². The normalized spacial score (nSPS) is 12.1. The molecule has 3 rings (SSSR count). The van der Waals surface area contributed by atoms with Gasteiger partial charge in [-0.25, -0.2) is 4.48 Å². The van der Waals surface area contributed by atoms with Crippen LogP contribution in [0.5, 0.6) is 0 Å². The summed E-state index contributed by atoms with van der Waals surface area (Å²) < 4.78 is 19.2. The number of hydrogen-bond acceptors (Lipinski definition) is 3. The highest BCUT2D eigenvalue weighted by Gasteiger charge is 2.46. The van der Waals surface area contributed by atoms with Crippen molar-refractivity contribution < 1.29 is 13.3 Å². The van der Waals surface area contributed by atoms with Gasteiger partial charge in [0, 0.05) is 19.8 Å². The smallest absolute Gasteiger partial charge is 0.374 e. The molecule has 0 amide bonds. The molecule has 0 aliphatic heterocycles. The highest BCUT2D eigenvalue weighted by Crippen LogP contribution is 2.44. The molecule has 31 heavy (non-hydrogen) atoms. The Morgan fingerprint density at radius 3 is 1.16 bits per heavy atom. The third-order valence-corrected chi connectivity index (χ3v) is 8.46. The van der Waals surface area contributed by atoms with E-state index in [4.69, 9.17) is 13.3 Å². The average molecular weight is 437 g/mol. The van der Waals surface area contributed by atoms with Gasteiger partial charge in [-0.15, -0.1) is 0 Å². The first-order chi connectivity index (χ1) is 15.2. The first-order valence-corrected chi connectivity index (χ1v) is 13.1. The Bertz CT molecular complexity index is 777. The van der Waals surface area contributed by atoms with E-state index in [2.05, 4.69) is 91.0 Å². The lowest BCUT2D eigenvalue weighted by atomic mass is 10.1. The number of nitrogens with zero attached hydrogens (tertiary/aromatic N) is 1. The minimum absolute atomic E-state index is 0.574. The molecule has 0 N–H and O–H groups in total. The van der Waals surface area contributed by atoms with Crippen LogP contribution in [0.15, 0.2) is 91.0 Å². The van der Waals surface area contributed by atoms with Crippen LogP contribution in [0.3, 0.4) is 0 Å². The summed E-state index contributed by atoms with van der Waals surface area (Å²) in [4.78, 5) is 0. The van der Waals surface area contributed by atoms with Gasteiger partial charge >= 0.3 is 8.80 Å². The lowest BCUT2D eigenvalue weighted by molar-refractivity contribution is 0.0704. The topological polar surface area (TPSA) is 27.7 Å². The third kappa shape index (κ3) is 5.32. The summed E-state index contributed by atoms with van der Waals surface area (Å²) in [6, 6.07) is 32.7. The van der Waals surface area contributed by atoms with Crippen molar-refractivity contribution in [2.24, 2.45) is 0 Å². The second kappa shape index (κ2) is 11.4. The lowest BCUT2D eigenvalue weighted by Crippen LogP contribution is -2.51. The summed E-state index contributed by atoms with van der Waals surface area (Å²) in [6.07, 6.45) is 0. The molecule has 164 valence electrons. The van der Waals surface area contributed by atoms with Gasteiger partial charge in [0.25, 0.3) is 0 Å². The molecule has 0 unspecified atom stereocenters. The second-order valence-electron chi connectivity index (χ2n) is 7.27. The molecule has 0 aromatic heterocycles. The number of benzene rings is 3. The molecule has 0 fully saturated rings. The summed E-state index contributed by atoms with van der Waals surface area (Å²) >= 11 is 0. The van der Waals surface area contributed by atoms with E-state index in [1.54, 1.807) is 0 Å². The first kappa shape index (κ1) is 23.4. The predicted molar refractivity (Wildman–Crippen MR) is 131 cm³/mol. The van der Waals surface area contributed by atoms with Crippen LogP contribution in [0.4, 0.5) is 17.1 Å². The van der Waals surface area contributed by atoms with Gasteiger partial charge in [-0.2, -0.15) is 0 Å². The van der Waals surface area contributed by atoms with Crippen LogP contribution in [0.1, 0.15) is 20.8 Å². The summed E-state index contributed by atoms with van der Waals surface area (Å²) in [5.74, 6) is 0. The maximum absolute atomic E-state index is 6.20. The fourth-order valence-electron chi connectivity index (χ4n) is 4.19. The zero-order valence-corrected chi connectivity index (χ0v) is 19.9. The molecule has 0 bridgehead atoms. The molecule has 0 spiro atoms. The Hall–Kier alpha value is -2.28. The highest BCUT2D eigenvalue weighted by atomic mass is 28.4. The van der Waals surface area contributed by atoms with Crippen molar-refractivity contribution >= 4 is 25.9 Å². The molecule has 4 nitrogen and oxygen atoms in total. The zero-order valence-electron chi connectivity index (χ0n) is 18.9. The van der Waals surface area contributed by atoms with Crippen LogP contribution in [0.2, 0.25) is 6.04 Å². The minimum atomic E-state index is -2.82. The molecule has 3 aromatic rings. The van der Waals surface area contributed by atoms with Gasteiger partial charge in [0.1, 0.15) is 17.1 Å². The molecule has 0 heterocycles. The molecule has 0 saturated heterocycles.